The molecule has 0 radical (unpaired) electrons. The molecule has 0 saturated carbocycles. The van der Waals surface area contributed by atoms with Gasteiger partial charge in [0.25, 0.3) is 0 Å². The molecule has 0 unspecified atom stereocenters. The average Bonchev–Trinajstić information content (AvgIpc) is 2.57. The highest BCUT2D eigenvalue weighted by molar-refractivity contribution is 5.70. The topological polar surface area (TPSA) is 44.6 Å². The van der Waals surface area contributed by atoms with Crippen molar-refractivity contribution in [2.45, 2.75) is 32.4 Å². The Labute approximate surface area is 86.9 Å². The molecule has 0 atom stereocenters. The van der Waals surface area contributed by atoms with Crippen LogP contribution in [-0.2, 0) is 4.79 Å². The largest absolute Gasteiger partial charge is 0.542 e. The van der Waals surface area contributed by atoms with Crippen molar-refractivity contribution in [1.82, 2.24) is 0 Å². The van der Waals surface area contributed by atoms with Crippen LogP contribution in [0.3, 0.4) is 0 Å². The number of rotatable bonds is 2. The zero-order valence-electron chi connectivity index (χ0n) is 8.69. The number of quaternary nitrogens is 1. The van der Waals surface area contributed by atoms with Gasteiger partial charge >= 0.3 is 6.18 Å². The molecule has 1 aliphatic heterocycles. The first kappa shape index (κ1) is 14.2. The lowest BCUT2D eigenvalue weighted by molar-refractivity contribution is -0.887. The Balaban J connectivity index is 0.000000265. The van der Waals surface area contributed by atoms with E-state index in [1.165, 1.54) is 38.9 Å². The van der Waals surface area contributed by atoms with Crippen molar-refractivity contribution in [3.63, 3.8) is 0 Å². The Morgan fingerprint density at radius 2 is 1.73 bits per heavy atom. The monoisotopic (exact) mass is 227 g/mol. The van der Waals surface area contributed by atoms with E-state index in [-0.39, 0.29) is 0 Å². The van der Waals surface area contributed by atoms with Crippen molar-refractivity contribution in [3.8, 4) is 0 Å². The Morgan fingerprint density at radius 1 is 1.33 bits per heavy atom. The number of nitrogens with one attached hydrogen (secondary N) is 1. The molecule has 3 nitrogen and oxygen atoms in total. The standard InChI is InChI=1S/C7H15N.C2HF3O2/c1-2-5-8-6-3-4-7-8;3-2(4,5)1(6)7/h2-7H2,1H3;(H,6,7). The third kappa shape index (κ3) is 7.18. The van der Waals surface area contributed by atoms with Crippen molar-refractivity contribution in [3.05, 3.63) is 0 Å². The summed E-state index contributed by atoms with van der Waals surface area (Å²) in [7, 11) is 0. The summed E-state index contributed by atoms with van der Waals surface area (Å²) in [6.07, 6.45) is -0.903. The second kappa shape index (κ2) is 6.66. The molecule has 1 saturated heterocycles. The lowest BCUT2D eigenvalue weighted by Crippen LogP contribution is -3.09. The predicted molar refractivity (Wildman–Crippen MR) is 46.2 cm³/mol. The number of hydrogen-bond donors (Lipinski definition) is 1. The molecule has 0 aliphatic carbocycles. The highest BCUT2D eigenvalue weighted by Gasteiger charge is 2.28. The van der Waals surface area contributed by atoms with Gasteiger partial charge in [-0.2, -0.15) is 13.2 Å². The summed E-state index contributed by atoms with van der Waals surface area (Å²) >= 11 is 0. The molecule has 0 aromatic rings. The highest BCUT2D eigenvalue weighted by Crippen LogP contribution is 2.11. The van der Waals surface area contributed by atoms with Gasteiger partial charge in [0.1, 0.15) is 5.97 Å². The molecule has 1 heterocycles. The zero-order chi connectivity index (χ0) is 11.9. The number of hydrogen-bond acceptors (Lipinski definition) is 2. The molecular weight excluding hydrogens is 211 g/mol. The van der Waals surface area contributed by atoms with Gasteiger partial charge in [-0.3, -0.25) is 0 Å². The molecule has 0 aromatic carbocycles. The van der Waals surface area contributed by atoms with Gasteiger partial charge in [0.2, 0.25) is 0 Å². The number of carbonyl (C=O) groups is 1. The Bertz CT molecular complexity index is 188. The molecule has 15 heavy (non-hydrogen) atoms. The van der Waals surface area contributed by atoms with E-state index in [9.17, 15) is 13.2 Å². The maximum absolute atomic E-state index is 10.5. The van der Waals surface area contributed by atoms with E-state index in [0.717, 1.165) is 0 Å². The SMILES string of the molecule is CCC[NH+]1CCCC1.O=C([O-])C(F)(F)F. The number of halogens is 3. The van der Waals surface area contributed by atoms with Gasteiger partial charge in [0, 0.05) is 12.8 Å². The van der Waals surface area contributed by atoms with Crippen LogP contribution in [0, 0.1) is 0 Å². The normalized spacial score (nSPS) is 17.1. The van der Waals surface area contributed by atoms with Crippen LogP contribution in [0.15, 0.2) is 0 Å². The van der Waals surface area contributed by atoms with Crippen LogP contribution >= 0.6 is 0 Å². The molecule has 1 aliphatic rings. The second-order valence-electron chi connectivity index (χ2n) is 3.49. The minimum Gasteiger partial charge on any atom is -0.542 e. The number of carboxylic acids is 1. The molecule has 0 spiro atoms. The first-order chi connectivity index (χ1) is 6.88. The molecule has 90 valence electrons. The lowest BCUT2D eigenvalue weighted by atomic mass is 10.4. The first-order valence-corrected chi connectivity index (χ1v) is 4.99. The second-order valence-corrected chi connectivity index (χ2v) is 3.49. The smallest absolute Gasteiger partial charge is 0.430 e. The maximum atomic E-state index is 10.5. The summed E-state index contributed by atoms with van der Waals surface area (Å²) in [6.45, 7) is 6.55. The molecule has 0 aromatic heterocycles. The van der Waals surface area contributed by atoms with Crippen LogP contribution in [-0.4, -0.2) is 31.8 Å². The third-order valence-corrected chi connectivity index (χ3v) is 2.15. The number of carbonyl (C=O) groups excluding carboxylic acids is 1. The molecule has 1 N–H and O–H groups in total. The number of likely N-dealkylation sites (tertiary alicyclic amines) is 1. The Hall–Kier alpha value is -0.780. The van der Waals surface area contributed by atoms with E-state index in [0.29, 0.717) is 0 Å². The highest BCUT2D eigenvalue weighted by atomic mass is 19.4. The van der Waals surface area contributed by atoms with Crippen LogP contribution < -0.4 is 10.0 Å². The summed E-state index contributed by atoms with van der Waals surface area (Å²) in [4.78, 5) is 10.6. The van der Waals surface area contributed by atoms with Gasteiger partial charge in [-0.1, -0.05) is 6.92 Å². The minimum absolute atomic E-state index is 1.36. The van der Waals surface area contributed by atoms with Gasteiger partial charge in [0.15, 0.2) is 0 Å². The van der Waals surface area contributed by atoms with Crippen molar-refractivity contribution < 1.29 is 28.0 Å². The van der Waals surface area contributed by atoms with Gasteiger partial charge < -0.3 is 14.8 Å². The Kier molecular flexibility index (Phi) is 6.31. The molecular formula is C9H16F3NO2. The average molecular weight is 227 g/mol. The van der Waals surface area contributed by atoms with Gasteiger partial charge in [-0.15, -0.1) is 0 Å². The number of carboxylic acid groups (broad SMARTS) is 1. The summed E-state index contributed by atoms with van der Waals surface area (Å²) in [5.74, 6) is -3.01. The lowest BCUT2D eigenvalue weighted by Gasteiger charge is -2.08. The maximum Gasteiger partial charge on any atom is 0.430 e. The molecule has 0 bridgehead atoms. The van der Waals surface area contributed by atoms with E-state index in [1.807, 2.05) is 4.90 Å². The number of aliphatic carboxylic acids is 1. The van der Waals surface area contributed by atoms with Gasteiger partial charge in [0.05, 0.1) is 19.6 Å². The number of alkyl halides is 3. The predicted octanol–water partition coefficient (Wildman–Crippen LogP) is -0.626. The quantitative estimate of drug-likeness (QED) is 0.683. The van der Waals surface area contributed by atoms with Crippen LogP contribution in [0.2, 0.25) is 0 Å². The summed E-state index contributed by atoms with van der Waals surface area (Å²) in [5, 5.41) is 8.78. The van der Waals surface area contributed by atoms with Crippen LogP contribution in [0.5, 0.6) is 0 Å². The van der Waals surface area contributed by atoms with E-state index >= 15 is 0 Å². The minimum atomic E-state index is -5.19. The first-order valence-electron chi connectivity index (χ1n) is 4.99. The van der Waals surface area contributed by atoms with Crippen molar-refractivity contribution >= 4 is 5.97 Å². The fourth-order valence-corrected chi connectivity index (χ4v) is 1.48. The van der Waals surface area contributed by atoms with Gasteiger partial charge in [-0.05, 0) is 6.42 Å². The fraction of sp³-hybridized carbons (Fsp3) is 0.889. The van der Waals surface area contributed by atoms with E-state index in [1.54, 1.807) is 0 Å². The van der Waals surface area contributed by atoms with E-state index in [4.69, 9.17) is 9.90 Å². The van der Waals surface area contributed by atoms with Crippen LogP contribution in [0.25, 0.3) is 0 Å². The zero-order valence-corrected chi connectivity index (χ0v) is 8.69. The third-order valence-electron chi connectivity index (χ3n) is 2.15. The fourth-order valence-electron chi connectivity index (χ4n) is 1.48. The molecule has 1 rings (SSSR count). The molecule has 1 fully saturated rings. The molecule has 0 amide bonds. The summed E-state index contributed by atoms with van der Waals surface area (Å²) in [5.41, 5.74) is 0. The van der Waals surface area contributed by atoms with Gasteiger partial charge in [-0.25, -0.2) is 0 Å². The van der Waals surface area contributed by atoms with E-state index < -0.39 is 12.1 Å². The summed E-state index contributed by atoms with van der Waals surface area (Å²) in [6, 6.07) is 0. The Morgan fingerprint density at radius 3 is 2.00 bits per heavy atom. The van der Waals surface area contributed by atoms with Crippen molar-refractivity contribution in [1.29, 1.82) is 0 Å². The van der Waals surface area contributed by atoms with Crippen molar-refractivity contribution in [2.24, 2.45) is 0 Å². The summed E-state index contributed by atoms with van der Waals surface area (Å²) < 4.78 is 31.5. The van der Waals surface area contributed by atoms with E-state index in [2.05, 4.69) is 6.92 Å². The van der Waals surface area contributed by atoms with Crippen LogP contribution in [0.4, 0.5) is 13.2 Å². The molecule has 6 heteroatoms. The van der Waals surface area contributed by atoms with Crippen LogP contribution in [0.1, 0.15) is 26.2 Å². The van der Waals surface area contributed by atoms with Crippen molar-refractivity contribution in [2.75, 3.05) is 19.6 Å².